The molecule has 0 bridgehead atoms. The Balaban J connectivity index is 2.08. The van der Waals surface area contributed by atoms with E-state index in [1.807, 2.05) is 30.3 Å². The van der Waals surface area contributed by atoms with E-state index in [-0.39, 0.29) is 18.6 Å². The average Bonchev–Trinajstić information content (AvgIpc) is 2.33. The van der Waals surface area contributed by atoms with Gasteiger partial charge in [0.05, 0.1) is 19.2 Å². The van der Waals surface area contributed by atoms with Crippen LogP contribution in [0.3, 0.4) is 0 Å². The van der Waals surface area contributed by atoms with Crippen LogP contribution < -0.4 is 5.32 Å². The Labute approximate surface area is 94.9 Å². The number of aliphatic hydroxyl groups excluding tert-OH is 1. The molecule has 1 heterocycles. The minimum Gasteiger partial charge on any atom is -0.394 e. The minimum atomic E-state index is -0.110. The fourth-order valence-electron chi connectivity index (χ4n) is 1.92. The maximum Gasteiger partial charge on any atom is 0.237 e. The van der Waals surface area contributed by atoms with Gasteiger partial charge >= 0.3 is 0 Å². The molecule has 1 aromatic rings. The van der Waals surface area contributed by atoms with Crippen molar-refractivity contribution >= 4 is 5.91 Å². The van der Waals surface area contributed by atoms with Crippen LogP contribution in [0.15, 0.2) is 30.3 Å². The number of hydrogen-bond acceptors (Lipinski definition) is 3. The molecule has 0 aromatic heterocycles. The molecule has 0 unspecified atom stereocenters. The van der Waals surface area contributed by atoms with Gasteiger partial charge in [0.2, 0.25) is 5.91 Å². The molecule has 1 aliphatic heterocycles. The van der Waals surface area contributed by atoms with Gasteiger partial charge in [-0.1, -0.05) is 30.3 Å². The normalized spacial score (nSPS) is 21.2. The van der Waals surface area contributed by atoms with Crippen molar-refractivity contribution in [1.29, 1.82) is 0 Å². The predicted octanol–water partition coefficient (Wildman–Crippen LogP) is -0.0207. The maximum absolute atomic E-state index is 11.7. The van der Waals surface area contributed by atoms with E-state index >= 15 is 0 Å². The summed E-state index contributed by atoms with van der Waals surface area (Å²) in [7, 11) is 0. The molecule has 1 saturated heterocycles. The monoisotopic (exact) mass is 220 g/mol. The third kappa shape index (κ3) is 2.40. The number of hydrogen-bond donors (Lipinski definition) is 2. The Morgan fingerprint density at radius 2 is 2.12 bits per heavy atom. The first-order chi connectivity index (χ1) is 7.81. The Morgan fingerprint density at radius 3 is 2.81 bits per heavy atom. The van der Waals surface area contributed by atoms with E-state index in [1.54, 1.807) is 4.90 Å². The van der Waals surface area contributed by atoms with Crippen molar-refractivity contribution in [2.45, 2.75) is 12.6 Å². The lowest BCUT2D eigenvalue weighted by atomic mass is 10.1. The highest BCUT2D eigenvalue weighted by molar-refractivity contribution is 5.79. The fourth-order valence-corrected chi connectivity index (χ4v) is 1.92. The zero-order valence-corrected chi connectivity index (χ0v) is 9.10. The first-order valence-electron chi connectivity index (χ1n) is 5.46. The molecule has 0 radical (unpaired) electrons. The lowest BCUT2D eigenvalue weighted by Gasteiger charge is -2.35. The number of piperazine rings is 1. The second-order valence-corrected chi connectivity index (χ2v) is 3.97. The Kier molecular flexibility index (Phi) is 3.54. The van der Waals surface area contributed by atoms with E-state index in [4.69, 9.17) is 0 Å². The number of nitrogens with one attached hydrogen (secondary N) is 1. The van der Waals surface area contributed by atoms with Crippen LogP contribution in [-0.4, -0.2) is 41.7 Å². The topological polar surface area (TPSA) is 52.6 Å². The van der Waals surface area contributed by atoms with Crippen LogP contribution in [0.1, 0.15) is 5.56 Å². The van der Waals surface area contributed by atoms with Gasteiger partial charge in [0.1, 0.15) is 0 Å². The number of nitrogens with zero attached hydrogens (tertiary/aromatic N) is 1. The van der Waals surface area contributed by atoms with Gasteiger partial charge in [-0.2, -0.15) is 0 Å². The lowest BCUT2D eigenvalue weighted by molar-refractivity contribution is -0.136. The molecule has 0 spiro atoms. The standard InChI is InChI=1S/C12H16N2O2/c15-9-11-6-13-7-12(16)14(11)8-10-4-2-1-3-5-10/h1-5,11,13,15H,6-9H2/t11-/m0/s1. The van der Waals surface area contributed by atoms with Gasteiger partial charge < -0.3 is 15.3 Å². The molecule has 86 valence electrons. The minimum absolute atomic E-state index is 0.00553. The highest BCUT2D eigenvalue weighted by Crippen LogP contribution is 2.10. The van der Waals surface area contributed by atoms with Crippen molar-refractivity contribution in [3.63, 3.8) is 0 Å². The van der Waals surface area contributed by atoms with Crippen LogP contribution in [0, 0.1) is 0 Å². The molecule has 4 nitrogen and oxygen atoms in total. The Hall–Kier alpha value is -1.39. The summed E-state index contributed by atoms with van der Waals surface area (Å²) >= 11 is 0. The van der Waals surface area contributed by atoms with E-state index in [2.05, 4.69) is 5.32 Å². The van der Waals surface area contributed by atoms with E-state index in [9.17, 15) is 9.90 Å². The molecule has 1 aliphatic rings. The zero-order valence-electron chi connectivity index (χ0n) is 9.10. The average molecular weight is 220 g/mol. The largest absolute Gasteiger partial charge is 0.394 e. The SMILES string of the molecule is O=C1CNC[C@@H](CO)N1Cc1ccccc1. The van der Waals surface area contributed by atoms with Crippen LogP contribution in [-0.2, 0) is 11.3 Å². The Morgan fingerprint density at radius 1 is 1.38 bits per heavy atom. The highest BCUT2D eigenvalue weighted by atomic mass is 16.3. The highest BCUT2D eigenvalue weighted by Gasteiger charge is 2.26. The van der Waals surface area contributed by atoms with Gasteiger partial charge in [-0.3, -0.25) is 4.79 Å². The van der Waals surface area contributed by atoms with Crippen molar-refractivity contribution in [3.05, 3.63) is 35.9 Å². The third-order valence-corrected chi connectivity index (χ3v) is 2.82. The van der Waals surface area contributed by atoms with Gasteiger partial charge in [-0.25, -0.2) is 0 Å². The smallest absolute Gasteiger partial charge is 0.237 e. The molecule has 0 saturated carbocycles. The summed E-state index contributed by atoms with van der Waals surface area (Å²) in [6.07, 6.45) is 0. The molecule has 1 amide bonds. The second-order valence-electron chi connectivity index (χ2n) is 3.97. The van der Waals surface area contributed by atoms with Crippen LogP contribution in [0.5, 0.6) is 0 Å². The number of aliphatic hydroxyl groups is 1. The lowest BCUT2D eigenvalue weighted by Crippen LogP contribution is -2.55. The molecule has 1 atom stereocenters. The van der Waals surface area contributed by atoms with Crippen molar-refractivity contribution < 1.29 is 9.90 Å². The molecule has 16 heavy (non-hydrogen) atoms. The van der Waals surface area contributed by atoms with E-state index in [1.165, 1.54) is 0 Å². The maximum atomic E-state index is 11.7. The molecular weight excluding hydrogens is 204 g/mol. The molecule has 0 aliphatic carbocycles. The fraction of sp³-hybridized carbons (Fsp3) is 0.417. The summed E-state index contributed by atoms with van der Waals surface area (Å²) in [6.45, 7) is 1.61. The van der Waals surface area contributed by atoms with Gasteiger partial charge in [0.25, 0.3) is 0 Å². The van der Waals surface area contributed by atoms with Crippen LogP contribution in [0.25, 0.3) is 0 Å². The van der Waals surface area contributed by atoms with Crippen LogP contribution in [0.2, 0.25) is 0 Å². The van der Waals surface area contributed by atoms with E-state index in [0.717, 1.165) is 5.56 Å². The second kappa shape index (κ2) is 5.09. The van der Waals surface area contributed by atoms with Gasteiger partial charge in [0, 0.05) is 13.1 Å². The third-order valence-electron chi connectivity index (χ3n) is 2.82. The predicted molar refractivity (Wildman–Crippen MR) is 60.7 cm³/mol. The van der Waals surface area contributed by atoms with Crippen molar-refractivity contribution in [3.8, 4) is 0 Å². The van der Waals surface area contributed by atoms with Gasteiger partial charge in [0.15, 0.2) is 0 Å². The molecular formula is C12H16N2O2. The van der Waals surface area contributed by atoms with Crippen molar-refractivity contribution in [1.82, 2.24) is 10.2 Å². The zero-order chi connectivity index (χ0) is 11.4. The summed E-state index contributed by atoms with van der Waals surface area (Å²) < 4.78 is 0. The van der Waals surface area contributed by atoms with Gasteiger partial charge in [-0.15, -0.1) is 0 Å². The van der Waals surface area contributed by atoms with Crippen LogP contribution in [0.4, 0.5) is 0 Å². The number of carbonyl (C=O) groups is 1. The molecule has 2 N–H and O–H groups in total. The summed E-state index contributed by atoms with van der Waals surface area (Å²) in [5, 5.41) is 12.2. The van der Waals surface area contributed by atoms with Crippen LogP contribution >= 0.6 is 0 Å². The first-order valence-corrected chi connectivity index (χ1v) is 5.46. The molecule has 2 rings (SSSR count). The van der Waals surface area contributed by atoms with Crippen molar-refractivity contribution in [2.24, 2.45) is 0 Å². The van der Waals surface area contributed by atoms with Crippen molar-refractivity contribution in [2.75, 3.05) is 19.7 Å². The summed E-state index contributed by atoms with van der Waals surface area (Å²) in [4.78, 5) is 13.5. The summed E-state index contributed by atoms with van der Waals surface area (Å²) in [5.74, 6) is 0.0501. The first kappa shape index (κ1) is 11.1. The summed E-state index contributed by atoms with van der Waals surface area (Å²) in [5.41, 5.74) is 1.09. The number of carbonyl (C=O) groups excluding carboxylic acids is 1. The summed E-state index contributed by atoms with van der Waals surface area (Å²) in [6, 6.07) is 9.73. The van der Waals surface area contributed by atoms with E-state index < -0.39 is 0 Å². The molecule has 4 heteroatoms. The molecule has 1 fully saturated rings. The number of amides is 1. The molecule has 1 aromatic carbocycles. The number of benzene rings is 1. The van der Waals surface area contributed by atoms with E-state index in [0.29, 0.717) is 19.6 Å². The number of rotatable bonds is 3. The Bertz CT molecular complexity index is 353. The van der Waals surface area contributed by atoms with Gasteiger partial charge in [-0.05, 0) is 5.56 Å². The quantitative estimate of drug-likeness (QED) is 0.752.